The van der Waals surface area contributed by atoms with Crippen LogP contribution in [0.3, 0.4) is 0 Å². The van der Waals surface area contributed by atoms with Gasteiger partial charge in [-0.3, -0.25) is 14.7 Å². The molecule has 5 nitrogen and oxygen atoms in total. The Morgan fingerprint density at radius 1 is 1.17 bits per heavy atom. The van der Waals surface area contributed by atoms with E-state index in [-0.39, 0.29) is 5.91 Å². The predicted octanol–water partition coefficient (Wildman–Crippen LogP) is 2.81. The average Bonchev–Trinajstić information content (AvgIpc) is 3.33. The van der Waals surface area contributed by atoms with Crippen LogP contribution in [-0.2, 0) is 6.54 Å². The van der Waals surface area contributed by atoms with Crippen molar-refractivity contribution >= 4 is 38.4 Å². The van der Waals surface area contributed by atoms with Gasteiger partial charge in [-0.15, -0.1) is 0 Å². The van der Waals surface area contributed by atoms with Crippen molar-refractivity contribution in [1.82, 2.24) is 10.3 Å². The molecule has 0 radical (unpaired) electrons. The first kappa shape index (κ1) is 13.7. The van der Waals surface area contributed by atoms with E-state index in [9.17, 15) is 4.79 Å². The van der Waals surface area contributed by atoms with Gasteiger partial charge in [0.05, 0.1) is 23.3 Å². The van der Waals surface area contributed by atoms with E-state index in [1.54, 1.807) is 16.2 Å². The Labute approximate surface area is 142 Å². The molecule has 2 aromatic carbocycles. The maximum absolute atomic E-state index is 12.6. The number of rotatable bonds is 2. The number of amides is 1. The second-order valence-corrected chi connectivity index (χ2v) is 6.89. The summed E-state index contributed by atoms with van der Waals surface area (Å²) in [6, 6.07) is 13.9. The third kappa shape index (κ3) is 2.03. The highest BCUT2D eigenvalue weighted by Gasteiger charge is 2.30. The molecule has 0 unspecified atom stereocenters. The zero-order valence-corrected chi connectivity index (χ0v) is 13.6. The zero-order chi connectivity index (χ0) is 16.1. The number of fused-ring (bicyclic) bond motifs is 2. The first-order chi connectivity index (χ1) is 11.8. The number of aromatic nitrogens is 1. The summed E-state index contributed by atoms with van der Waals surface area (Å²) in [5, 5.41) is 4.04. The molecule has 118 valence electrons. The molecule has 0 saturated heterocycles. The highest BCUT2D eigenvalue weighted by molar-refractivity contribution is 7.22. The van der Waals surface area contributed by atoms with E-state index >= 15 is 0 Å². The van der Waals surface area contributed by atoms with Crippen molar-refractivity contribution in [2.24, 2.45) is 4.99 Å². The third-order valence-electron chi connectivity index (χ3n) is 4.38. The Morgan fingerprint density at radius 3 is 2.92 bits per heavy atom. The molecular weight excluding hydrogens is 320 g/mol. The minimum Gasteiger partial charge on any atom is -0.368 e. The molecule has 6 heteroatoms. The molecule has 0 atom stereocenters. The van der Waals surface area contributed by atoms with Crippen molar-refractivity contribution < 1.29 is 4.79 Å². The lowest BCUT2D eigenvalue weighted by atomic mass is 10.1. The number of thiazole rings is 1. The first-order valence-corrected chi connectivity index (χ1v) is 8.70. The van der Waals surface area contributed by atoms with Gasteiger partial charge in [0.1, 0.15) is 5.84 Å². The van der Waals surface area contributed by atoms with Crippen LogP contribution in [0.2, 0.25) is 0 Å². The molecule has 2 aliphatic rings. The van der Waals surface area contributed by atoms with Crippen LogP contribution in [0.5, 0.6) is 0 Å². The number of nitrogens with one attached hydrogen (secondary N) is 1. The maximum atomic E-state index is 12.6. The molecule has 1 amide bonds. The Morgan fingerprint density at radius 2 is 2.08 bits per heavy atom. The van der Waals surface area contributed by atoms with Crippen molar-refractivity contribution in [3.8, 4) is 0 Å². The lowest BCUT2D eigenvalue weighted by Gasteiger charge is -2.10. The number of nitrogens with zero attached hydrogens (tertiary/aromatic N) is 3. The van der Waals surface area contributed by atoms with Gasteiger partial charge in [-0.25, -0.2) is 4.98 Å². The quantitative estimate of drug-likeness (QED) is 0.784. The van der Waals surface area contributed by atoms with Crippen LogP contribution in [-0.4, -0.2) is 29.8 Å². The van der Waals surface area contributed by atoms with Gasteiger partial charge in [0.25, 0.3) is 5.91 Å². The molecule has 0 fully saturated rings. The summed E-state index contributed by atoms with van der Waals surface area (Å²) >= 11 is 1.55. The third-order valence-corrected chi connectivity index (χ3v) is 5.42. The van der Waals surface area contributed by atoms with Gasteiger partial charge in [0.15, 0.2) is 5.13 Å². The van der Waals surface area contributed by atoms with Crippen molar-refractivity contribution in [2.45, 2.75) is 6.54 Å². The zero-order valence-electron chi connectivity index (χ0n) is 12.8. The maximum Gasteiger partial charge on any atom is 0.260 e. The number of aliphatic imine (C=N–C) groups is 1. The fraction of sp³-hybridized carbons (Fsp3) is 0.167. The monoisotopic (exact) mass is 334 g/mol. The molecule has 3 heterocycles. The van der Waals surface area contributed by atoms with Gasteiger partial charge < -0.3 is 5.32 Å². The number of benzene rings is 2. The van der Waals surface area contributed by atoms with Crippen LogP contribution in [0.4, 0.5) is 5.13 Å². The molecule has 0 aliphatic carbocycles. The number of carbonyl (C=O) groups is 1. The summed E-state index contributed by atoms with van der Waals surface area (Å²) < 4.78 is 1.07. The summed E-state index contributed by atoms with van der Waals surface area (Å²) in [5.41, 5.74) is 3.83. The summed E-state index contributed by atoms with van der Waals surface area (Å²) in [7, 11) is 0. The molecule has 1 aromatic heterocycles. The highest BCUT2D eigenvalue weighted by atomic mass is 32.1. The van der Waals surface area contributed by atoms with Crippen molar-refractivity contribution in [3.05, 3.63) is 59.2 Å². The second kappa shape index (κ2) is 5.14. The SMILES string of the molecule is O=C1c2ccccc2CN1c1nc2ccc(C3=NCCN3)cc2s1. The lowest BCUT2D eigenvalue weighted by molar-refractivity contribution is 0.0996. The fourth-order valence-electron chi connectivity index (χ4n) is 3.18. The predicted molar refractivity (Wildman–Crippen MR) is 96.0 cm³/mol. The fourth-order valence-corrected chi connectivity index (χ4v) is 4.18. The van der Waals surface area contributed by atoms with Crippen LogP contribution in [0.15, 0.2) is 47.5 Å². The smallest absolute Gasteiger partial charge is 0.260 e. The number of amidine groups is 1. The van der Waals surface area contributed by atoms with E-state index in [1.807, 2.05) is 36.4 Å². The van der Waals surface area contributed by atoms with Crippen LogP contribution in [0.1, 0.15) is 21.5 Å². The molecule has 1 N–H and O–H groups in total. The molecule has 2 aliphatic heterocycles. The average molecular weight is 334 g/mol. The van der Waals surface area contributed by atoms with Crippen molar-refractivity contribution in [3.63, 3.8) is 0 Å². The molecule has 5 rings (SSSR count). The number of hydrogen-bond donors (Lipinski definition) is 1. The molecule has 24 heavy (non-hydrogen) atoms. The van der Waals surface area contributed by atoms with E-state index in [1.165, 1.54) is 0 Å². The van der Waals surface area contributed by atoms with E-state index in [2.05, 4.69) is 21.4 Å². The summed E-state index contributed by atoms with van der Waals surface area (Å²) in [6.07, 6.45) is 0. The lowest BCUT2D eigenvalue weighted by Crippen LogP contribution is -2.22. The summed E-state index contributed by atoms with van der Waals surface area (Å²) in [4.78, 5) is 23.5. The number of hydrogen-bond acceptors (Lipinski definition) is 5. The van der Waals surface area contributed by atoms with Gasteiger partial charge >= 0.3 is 0 Å². The Balaban J connectivity index is 1.53. The number of carbonyl (C=O) groups excluding carboxylic acids is 1. The summed E-state index contributed by atoms with van der Waals surface area (Å²) in [6.45, 7) is 2.31. The normalized spacial score (nSPS) is 16.4. The van der Waals surface area contributed by atoms with Crippen LogP contribution >= 0.6 is 11.3 Å². The molecule has 3 aromatic rings. The van der Waals surface area contributed by atoms with Crippen molar-refractivity contribution in [2.75, 3.05) is 18.0 Å². The van der Waals surface area contributed by atoms with Gasteiger partial charge in [-0.1, -0.05) is 29.5 Å². The van der Waals surface area contributed by atoms with E-state index in [4.69, 9.17) is 0 Å². The van der Waals surface area contributed by atoms with E-state index in [0.717, 1.165) is 51.0 Å². The largest absolute Gasteiger partial charge is 0.368 e. The van der Waals surface area contributed by atoms with Gasteiger partial charge in [0, 0.05) is 17.7 Å². The summed E-state index contributed by atoms with van der Waals surface area (Å²) in [5.74, 6) is 0.975. The number of anilines is 1. The van der Waals surface area contributed by atoms with Gasteiger partial charge in [0.2, 0.25) is 0 Å². The van der Waals surface area contributed by atoms with E-state index < -0.39 is 0 Å². The van der Waals surface area contributed by atoms with Crippen molar-refractivity contribution in [1.29, 1.82) is 0 Å². The minimum atomic E-state index is 0.0340. The molecule has 0 bridgehead atoms. The molecule has 0 saturated carbocycles. The second-order valence-electron chi connectivity index (χ2n) is 5.88. The standard InChI is InChI=1S/C18H14N4OS/c23-17-13-4-2-1-3-12(13)10-22(17)18-21-14-6-5-11(9-15(14)24-18)16-19-7-8-20-16/h1-6,9H,7-8,10H2,(H,19,20). The Kier molecular flexibility index (Phi) is 2.93. The highest BCUT2D eigenvalue weighted by Crippen LogP contribution is 2.34. The van der Waals surface area contributed by atoms with Gasteiger partial charge in [-0.2, -0.15) is 0 Å². The Hall–Kier alpha value is -2.73. The van der Waals surface area contributed by atoms with Crippen LogP contribution < -0.4 is 10.2 Å². The first-order valence-electron chi connectivity index (χ1n) is 7.89. The molecule has 0 spiro atoms. The van der Waals surface area contributed by atoms with E-state index in [0.29, 0.717) is 6.54 Å². The molecular formula is C18H14N4OS. The topological polar surface area (TPSA) is 57.6 Å². The Bertz CT molecular complexity index is 1010. The van der Waals surface area contributed by atoms with Gasteiger partial charge in [-0.05, 0) is 29.8 Å². The van der Waals surface area contributed by atoms with Crippen LogP contribution in [0, 0.1) is 0 Å². The van der Waals surface area contributed by atoms with Crippen LogP contribution in [0.25, 0.3) is 10.2 Å². The minimum absolute atomic E-state index is 0.0340.